The molecule has 0 spiro atoms. The molecule has 0 aliphatic heterocycles. The Morgan fingerprint density at radius 3 is 2.33 bits per heavy atom. The largest absolute Gasteiger partial charge is 0.284 e. The Bertz CT molecular complexity index is 815. The van der Waals surface area contributed by atoms with Gasteiger partial charge in [0.15, 0.2) is 5.82 Å². The summed E-state index contributed by atoms with van der Waals surface area (Å²) >= 11 is 0. The fraction of sp³-hybridized carbons (Fsp3) is 0. The van der Waals surface area contributed by atoms with Gasteiger partial charge in [-0.05, 0) is 0 Å². The van der Waals surface area contributed by atoms with Crippen molar-refractivity contribution in [2.24, 2.45) is 0 Å². The minimum Gasteiger partial charge on any atom is -0.284 e. The fourth-order valence-electron chi connectivity index (χ4n) is 1.72. The molecule has 0 aliphatic rings. The van der Waals surface area contributed by atoms with Gasteiger partial charge in [0, 0.05) is 11.8 Å². The summed E-state index contributed by atoms with van der Waals surface area (Å²) in [6.07, 6.45) is 5.36. The monoisotopic (exact) mass is 301 g/mol. The number of rotatable bonds is 4. The van der Waals surface area contributed by atoms with E-state index in [1.165, 1.54) is 24.8 Å². The van der Waals surface area contributed by atoms with Gasteiger partial charge in [0.25, 0.3) is 10.0 Å². The lowest BCUT2D eigenvalue weighted by atomic mass is 10.2. The van der Waals surface area contributed by atoms with Crippen LogP contribution >= 0.6 is 0 Å². The zero-order valence-electron chi connectivity index (χ0n) is 10.8. The van der Waals surface area contributed by atoms with Crippen LogP contribution in [0.3, 0.4) is 0 Å². The molecule has 0 amide bonds. The summed E-state index contributed by atoms with van der Waals surface area (Å²) in [4.78, 5) is 8.36. The molecule has 21 heavy (non-hydrogen) atoms. The van der Waals surface area contributed by atoms with Gasteiger partial charge in [-0.2, -0.15) is 5.10 Å². The van der Waals surface area contributed by atoms with Crippen molar-refractivity contribution in [1.82, 2.24) is 20.2 Å². The van der Waals surface area contributed by atoms with Crippen molar-refractivity contribution in [2.45, 2.75) is 4.90 Å². The number of aromatic amines is 1. The first-order valence-corrected chi connectivity index (χ1v) is 7.52. The fourth-order valence-corrected chi connectivity index (χ4v) is 2.65. The summed E-state index contributed by atoms with van der Waals surface area (Å²) in [6, 6.07) is 9.43. The number of nitrogens with one attached hydrogen (secondary N) is 2. The summed E-state index contributed by atoms with van der Waals surface area (Å²) in [5.74, 6) is 0.529. The summed E-state index contributed by atoms with van der Waals surface area (Å²) in [6.45, 7) is 0. The van der Waals surface area contributed by atoms with Gasteiger partial charge in [-0.1, -0.05) is 30.3 Å². The highest BCUT2D eigenvalue weighted by Gasteiger charge is 2.15. The summed E-state index contributed by atoms with van der Waals surface area (Å²) in [7, 11) is -3.67. The van der Waals surface area contributed by atoms with Crippen LogP contribution in [-0.4, -0.2) is 28.6 Å². The van der Waals surface area contributed by atoms with Crippen molar-refractivity contribution in [2.75, 3.05) is 4.72 Å². The number of H-pyrrole nitrogens is 1. The van der Waals surface area contributed by atoms with E-state index in [1.54, 1.807) is 0 Å². The average molecular weight is 301 g/mol. The third-order valence-electron chi connectivity index (χ3n) is 2.72. The highest BCUT2D eigenvalue weighted by molar-refractivity contribution is 7.92. The maximum Gasteiger partial charge on any atom is 0.265 e. The van der Waals surface area contributed by atoms with Crippen molar-refractivity contribution < 1.29 is 8.42 Å². The molecule has 0 fully saturated rings. The number of hydrogen-bond donors (Lipinski definition) is 2. The van der Waals surface area contributed by atoms with Crippen LogP contribution in [0.25, 0.3) is 11.4 Å². The van der Waals surface area contributed by atoms with Crippen LogP contribution in [0.5, 0.6) is 0 Å². The van der Waals surface area contributed by atoms with E-state index in [1.807, 2.05) is 30.3 Å². The summed E-state index contributed by atoms with van der Waals surface area (Å²) in [5.41, 5.74) is 1.15. The quantitative estimate of drug-likeness (QED) is 0.763. The molecule has 0 saturated carbocycles. The van der Waals surface area contributed by atoms with E-state index in [2.05, 4.69) is 24.9 Å². The molecule has 2 heterocycles. The van der Waals surface area contributed by atoms with Gasteiger partial charge < -0.3 is 0 Å². The van der Waals surface area contributed by atoms with Crippen LogP contribution in [0.15, 0.2) is 60.0 Å². The van der Waals surface area contributed by atoms with E-state index in [-0.39, 0.29) is 10.6 Å². The lowest BCUT2D eigenvalue weighted by Crippen LogP contribution is -2.12. The van der Waals surface area contributed by atoms with Crippen molar-refractivity contribution in [1.29, 1.82) is 0 Å². The zero-order valence-corrected chi connectivity index (χ0v) is 11.6. The topological polar surface area (TPSA) is 101 Å². The first kappa shape index (κ1) is 13.3. The molecule has 1 aromatic carbocycles. The van der Waals surface area contributed by atoms with Crippen molar-refractivity contribution in [3.63, 3.8) is 0 Å². The highest BCUT2D eigenvalue weighted by atomic mass is 32.2. The molecular weight excluding hydrogens is 290 g/mol. The Hall–Kier alpha value is -2.74. The molecule has 0 atom stereocenters. The highest BCUT2D eigenvalue weighted by Crippen LogP contribution is 2.17. The Balaban J connectivity index is 1.83. The number of benzene rings is 1. The molecule has 2 N–H and O–H groups in total. The molecule has 7 nitrogen and oxygen atoms in total. The Morgan fingerprint density at radius 1 is 1.00 bits per heavy atom. The predicted octanol–water partition coefficient (Wildman–Crippen LogP) is 1.67. The first-order chi connectivity index (χ1) is 10.1. The van der Waals surface area contributed by atoms with E-state index in [4.69, 9.17) is 0 Å². The normalized spacial score (nSPS) is 11.2. The third-order valence-corrected chi connectivity index (χ3v) is 4.07. The van der Waals surface area contributed by atoms with E-state index in [0.717, 1.165) is 5.56 Å². The number of nitrogens with zero attached hydrogens (tertiary/aromatic N) is 3. The van der Waals surface area contributed by atoms with Gasteiger partial charge in [0.1, 0.15) is 4.90 Å². The van der Waals surface area contributed by atoms with Gasteiger partial charge in [0.2, 0.25) is 0 Å². The second-order valence-corrected chi connectivity index (χ2v) is 5.88. The Kier molecular flexibility index (Phi) is 3.36. The van der Waals surface area contributed by atoms with Gasteiger partial charge in [-0.15, -0.1) is 0 Å². The second-order valence-electron chi connectivity index (χ2n) is 4.20. The van der Waals surface area contributed by atoms with Crippen LogP contribution in [0.1, 0.15) is 0 Å². The predicted molar refractivity (Wildman–Crippen MR) is 76.9 cm³/mol. The second kappa shape index (κ2) is 5.33. The zero-order chi connectivity index (χ0) is 14.7. The molecule has 3 rings (SSSR count). The molecule has 0 bridgehead atoms. The number of hydrogen-bond acceptors (Lipinski definition) is 5. The van der Waals surface area contributed by atoms with Crippen molar-refractivity contribution >= 4 is 15.7 Å². The molecule has 8 heteroatoms. The minimum absolute atomic E-state index is 0.0506. The third kappa shape index (κ3) is 2.90. The molecular formula is C13H11N5O2S. The maximum atomic E-state index is 12.0. The molecule has 0 radical (unpaired) electrons. The lowest BCUT2D eigenvalue weighted by molar-refractivity contribution is 0.601. The molecule has 0 unspecified atom stereocenters. The number of sulfonamides is 1. The molecule has 0 aliphatic carbocycles. The molecule has 0 saturated heterocycles. The van der Waals surface area contributed by atoms with Crippen LogP contribution in [0.4, 0.5) is 5.69 Å². The van der Waals surface area contributed by atoms with Crippen LogP contribution < -0.4 is 4.72 Å². The van der Waals surface area contributed by atoms with Crippen LogP contribution in [0, 0.1) is 0 Å². The van der Waals surface area contributed by atoms with Gasteiger partial charge in [0.05, 0.1) is 24.3 Å². The van der Waals surface area contributed by atoms with E-state index < -0.39 is 10.0 Å². The van der Waals surface area contributed by atoms with Gasteiger partial charge in [-0.25, -0.2) is 18.4 Å². The maximum absolute atomic E-state index is 12.0. The van der Waals surface area contributed by atoms with Crippen LogP contribution in [0.2, 0.25) is 0 Å². The molecule has 106 valence electrons. The SMILES string of the molecule is O=S(=O)(Nc1cnc(-c2ccccc2)nc1)c1cn[nH]c1. The molecule has 3 aromatic rings. The number of anilines is 1. The van der Waals surface area contributed by atoms with Crippen molar-refractivity contribution in [3.8, 4) is 11.4 Å². The Labute approximate surface area is 121 Å². The van der Waals surface area contributed by atoms with Crippen LogP contribution in [-0.2, 0) is 10.0 Å². The summed E-state index contributed by atoms with van der Waals surface area (Å²) in [5, 5.41) is 6.06. The van der Waals surface area contributed by atoms with Crippen molar-refractivity contribution in [3.05, 3.63) is 55.1 Å². The van der Waals surface area contributed by atoms with Gasteiger partial charge in [-0.3, -0.25) is 9.82 Å². The lowest BCUT2D eigenvalue weighted by Gasteiger charge is -2.06. The standard InChI is InChI=1S/C13H11N5O2S/c19-21(20,12-8-16-17-9-12)18-11-6-14-13(15-7-11)10-4-2-1-3-5-10/h1-9,18H,(H,16,17). The van der Waals surface area contributed by atoms with E-state index in [9.17, 15) is 8.42 Å². The number of aromatic nitrogens is 4. The average Bonchev–Trinajstić information content (AvgIpc) is 3.04. The van der Waals surface area contributed by atoms with E-state index >= 15 is 0 Å². The smallest absolute Gasteiger partial charge is 0.265 e. The first-order valence-electron chi connectivity index (χ1n) is 6.04. The molecule has 2 aromatic heterocycles. The summed E-state index contributed by atoms with van der Waals surface area (Å²) < 4.78 is 26.4. The van der Waals surface area contributed by atoms with E-state index in [0.29, 0.717) is 5.82 Å². The minimum atomic E-state index is -3.67. The Morgan fingerprint density at radius 2 is 1.71 bits per heavy atom. The van der Waals surface area contributed by atoms with Gasteiger partial charge >= 0.3 is 0 Å².